The lowest BCUT2D eigenvalue weighted by Gasteiger charge is -2.31. The Morgan fingerprint density at radius 2 is 1.69 bits per heavy atom. The molecule has 1 amide bonds. The molecule has 6 heteroatoms. The van der Waals surface area contributed by atoms with Gasteiger partial charge in [0.25, 0.3) is 0 Å². The van der Waals surface area contributed by atoms with E-state index in [0.29, 0.717) is 5.69 Å². The van der Waals surface area contributed by atoms with Gasteiger partial charge in [-0.15, -0.1) is 0 Å². The first-order chi connectivity index (χ1) is 12.4. The highest BCUT2D eigenvalue weighted by molar-refractivity contribution is 5.95. The Labute approximate surface area is 150 Å². The van der Waals surface area contributed by atoms with Crippen LogP contribution in [-0.2, 0) is 17.4 Å². The minimum absolute atomic E-state index is 0.122. The van der Waals surface area contributed by atoms with E-state index >= 15 is 0 Å². The standard InChI is InChI=1S/C20H21F3N2O/c21-20(22,23)16-9-10-18(25-11-5-2-6-12-25)17(14-16)24-19(26)13-15-7-3-1-4-8-15/h1,3-4,7-10,14H,2,5-6,11-13H2,(H,24,26). The molecule has 0 spiro atoms. The molecule has 1 N–H and O–H groups in total. The Hall–Kier alpha value is -2.50. The highest BCUT2D eigenvalue weighted by Crippen LogP contribution is 2.36. The number of piperidine rings is 1. The predicted octanol–water partition coefficient (Wildman–Crippen LogP) is 4.88. The molecule has 0 aliphatic carbocycles. The summed E-state index contributed by atoms with van der Waals surface area (Å²) in [5.74, 6) is -0.325. The summed E-state index contributed by atoms with van der Waals surface area (Å²) in [6.45, 7) is 1.57. The molecule has 0 unspecified atom stereocenters. The van der Waals surface area contributed by atoms with E-state index in [9.17, 15) is 18.0 Å². The van der Waals surface area contributed by atoms with Gasteiger partial charge >= 0.3 is 6.18 Å². The van der Waals surface area contributed by atoms with Crippen LogP contribution in [0.3, 0.4) is 0 Å². The van der Waals surface area contributed by atoms with Crippen molar-refractivity contribution < 1.29 is 18.0 Å². The van der Waals surface area contributed by atoms with E-state index in [0.717, 1.165) is 50.0 Å². The average molecular weight is 362 g/mol. The van der Waals surface area contributed by atoms with Crippen LogP contribution in [0.4, 0.5) is 24.5 Å². The van der Waals surface area contributed by atoms with Crippen LogP contribution in [0.25, 0.3) is 0 Å². The Kier molecular flexibility index (Phi) is 5.49. The van der Waals surface area contributed by atoms with E-state index in [1.54, 1.807) is 0 Å². The molecule has 3 nitrogen and oxygen atoms in total. The Balaban J connectivity index is 1.85. The van der Waals surface area contributed by atoms with Gasteiger partial charge in [-0.05, 0) is 43.0 Å². The topological polar surface area (TPSA) is 32.3 Å². The molecule has 2 aromatic rings. The molecule has 0 atom stereocenters. The minimum atomic E-state index is -4.45. The van der Waals surface area contributed by atoms with Gasteiger partial charge in [0.2, 0.25) is 5.91 Å². The number of amides is 1. The lowest BCUT2D eigenvalue weighted by atomic mass is 10.1. The molecule has 1 aliphatic heterocycles. The maximum atomic E-state index is 13.1. The van der Waals surface area contributed by atoms with Crippen LogP contribution in [0.2, 0.25) is 0 Å². The molecule has 3 rings (SSSR count). The van der Waals surface area contributed by atoms with Gasteiger partial charge in [0.1, 0.15) is 0 Å². The van der Waals surface area contributed by atoms with Gasteiger partial charge < -0.3 is 10.2 Å². The third kappa shape index (κ3) is 4.56. The average Bonchev–Trinajstić information content (AvgIpc) is 2.62. The Morgan fingerprint density at radius 1 is 1.00 bits per heavy atom. The van der Waals surface area contributed by atoms with E-state index in [1.165, 1.54) is 6.07 Å². The van der Waals surface area contributed by atoms with E-state index < -0.39 is 11.7 Å². The summed E-state index contributed by atoms with van der Waals surface area (Å²) >= 11 is 0. The molecule has 2 aromatic carbocycles. The maximum absolute atomic E-state index is 13.1. The highest BCUT2D eigenvalue weighted by Gasteiger charge is 2.31. The first-order valence-electron chi connectivity index (χ1n) is 8.73. The van der Waals surface area contributed by atoms with E-state index in [1.807, 2.05) is 35.2 Å². The molecule has 0 radical (unpaired) electrons. The quantitative estimate of drug-likeness (QED) is 0.841. The number of nitrogens with one attached hydrogen (secondary N) is 1. The number of hydrogen-bond acceptors (Lipinski definition) is 2. The van der Waals surface area contributed by atoms with Crippen molar-refractivity contribution in [3.05, 3.63) is 59.7 Å². The zero-order valence-corrected chi connectivity index (χ0v) is 14.4. The summed E-state index contributed by atoms with van der Waals surface area (Å²) in [5.41, 5.74) is 0.937. The van der Waals surface area contributed by atoms with Crippen LogP contribution in [0.5, 0.6) is 0 Å². The lowest BCUT2D eigenvalue weighted by molar-refractivity contribution is -0.137. The summed E-state index contributed by atoms with van der Waals surface area (Å²) < 4.78 is 39.3. The van der Waals surface area contributed by atoms with Crippen LogP contribution in [0.15, 0.2) is 48.5 Å². The molecule has 1 saturated heterocycles. The fourth-order valence-corrected chi connectivity index (χ4v) is 3.20. The fourth-order valence-electron chi connectivity index (χ4n) is 3.20. The zero-order valence-electron chi connectivity index (χ0n) is 14.4. The number of rotatable bonds is 4. The van der Waals surface area contributed by atoms with Gasteiger partial charge in [-0.1, -0.05) is 30.3 Å². The van der Waals surface area contributed by atoms with Gasteiger partial charge in [-0.3, -0.25) is 4.79 Å². The molecule has 138 valence electrons. The van der Waals surface area contributed by atoms with E-state index in [2.05, 4.69) is 5.32 Å². The molecule has 1 heterocycles. The second-order valence-corrected chi connectivity index (χ2v) is 6.49. The molecule has 0 bridgehead atoms. The first-order valence-corrected chi connectivity index (χ1v) is 8.73. The second kappa shape index (κ2) is 7.81. The third-order valence-corrected chi connectivity index (χ3v) is 4.50. The van der Waals surface area contributed by atoms with Crippen LogP contribution in [0, 0.1) is 0 Å². The molecule has 1 aliphatic rings. The van der Waals surface area contributed by atoms with Crippen molar-refractivity contribution in [2.45, 2.75) is 31.9 Å². The van der Waals surface area contributed by atoms with Crippen molar-refractivity contribution in [3.63, 3.8) is 0 Å². The first kappa shape index (κ1) is 18.3. The molecule has 0 saturated carbocycles. The van der Waals surface area contributed by atoms with Crippen LogP contribution < -0.4 is 10.2 Å². The number of hydrogen-bond donors (Lipinski definition) is 1. The second-order valence-electron chi connectivity index (χ2n) is 6.49. The van der Waals surface area contributed by atoms with E-state index in [-0.39, 0.29) is 18.0 Å². The monoisotopic (exact) mass is 362 g/mol. The van der Waals surface area contributed by atoms with Crippen molar-refractivity contribution in [1.82, 2.24) is 0 Å². The number of halogens is 3. The van der Waals surface area contributed by atoms with Gasteiger partial charge in [-0.25, -0.2) is 0 Å². The number of nitrogens with zero attached hydrogens (tertiary/aromatic N) is 1. The van der Waals surface area contributed by atoms with Gasteiger partial charge in [-0.2, -0.15) is 13.2 Å². The van der Waals surface area contributed by atoms with Crippen molar-refractivity contribution in [3.8, 4) is 0 Å². The minimum Gasteiger partial charge on any atom is -0.370 e. The van der Waals surface area contributed by atoms with Crippen molar-refractivity contribution in [2.75, 3.05) is 23.3 Å². The summed E-state index contributed by atoms with van der Waals surface area (Å²) in [6, 6.07) is 12.7. The number of carbonyl (C=O) groups is 1. The smallest absolute Gasteiger partial charge is 0.370 e. The van der Waals surface area contributed by atoms with Crippen LogP contribution >= 0.6 is 0 Å². The maximum Gasteiger partial charge on any atom is 0.416 e. The normalized spacial score (nSPS) is 15.0. The SMILES string of the molecule is O=C(Cc1ccccc1)Nc1cc(C(F)(F)F)ccc1N1CCCCC1. The molecule has 0 aromatic heterocycles. The fraction of sp³-hybridized carbons (Fsp3) is 0.350. The van der Waals surface area contributed by atoms with Crippen LogP contribution in [-0.4, -0.2) is 19.0 Å². The van der Waals surface area contributed by atoms with Crippen LogP contribution in [0.1, 0.15) is 30.4 Å². The lowest BCUT2D eigenvalue weighted by Crippen LogP contribution is -2.30. The summed E-state index contributed by atoms with van der Waals surface area (Å²) in [6.07, 6.45) is -1.21. The summed E-state index contributed by atoms with van der Waals surface area (Å²) in [7, 11) is 0. The summed E-state index contributed by atoms with van der Waals surface area (Å²) in [5, 5.41) is 2.69. The molecular formula is C20H21F3N2O. The van der Waals surface area contributed by atoms with Gasteiger partial charge in [0.15, 0.2) is 0 Å². The zero-order chi connectivity index (χ0) is 18.6. The number of benzene rings is 2. The van der Waals surface area contributed by atoms with Gasteiger partial charge in [0, 0.05) is 13.1 Å². The third-order valence-electron chi connectivity index (χ3n) is 4.50. The Morgan fingerprint density at radius 3 is 2.35 bits per heavy atom. The molecule has 1 fully saturated rings. The molecular weight excluding hydrogens is 341 g/mol. The van der Waals surface area contributed by atoms with Gasteiger partial charge in [0.05, 0.1) is 23.4 Å². The number of carbonyl (C=O) groups excluding carboxylic acids is 1. The molecule has 26 heavy (non-hydrogen) atoms. The number of anilines is 2. The summed E-state index contributed by atoms with van der Waals surface area (Å²) in [4.78, 5) is 14.4. The largest absolute Gasteiger partial charge is 0.416 e. The predicted molar refractivity (Wildman–Crippen MR) is 96.3 cm³/mol. The van der Waals surface area contributed by atoms with E-state index in [4.69, 9.17) is 0 Å². The number of alkyl halides is 3. The van der Waals surface area contributed by atoms with Crippen molar-refractivity contribution in [2.24, 2.45) is 0 Å². The highest BCUT2D eigenvalue weighted by atomic mass is 19.4. The van der Waals surface area contributed by atoms with Crippen molar-refractivity contribution >= 4 is 17.3 Å². The van der Waals surface area contributed by atoms with Crippen molar-refractivity contribution in [1.29, 1.82) is 0 Å². The Bertz CT molecular complexity index is 753.